The van der Waals surface area contributed by atoms with Gasteiger partial charge in [0.15, 0.2) is 0 Å². The predicted molar refractivity (Wildman–Crippen MR) is 88.1 cm³/mol. The molecule has 0 aliphatic heterocycles. The number of nitrogens with one attached hydrogen (secondary N) is 1. The normalized spacial score (nSPS) is 29.7. The molecule has 1 N–H and O–H groups in total. The zero-order valence-electron chi connectivity index (χ0n) is 14.9. The lowest BCUT2D eigenvalue weighted by Gasteiger charge is -2.45. The lowest BCUT2D eigenvalue weighted by atomic mass is 9.68. The molecule has 1 atom stereocenters. The summed E-state index contributed by atoms with van der Waals surface area (Å²) in [5.41, 5.74) is 0.514. The van der Waals surface area contributed by atoms with Crippen molar-refractivity contribution in [2.24, 2.45) is 17.3 Å². The maximum absolute atomic E-state index is 6.53. The van der Waals surface area contributed by atoms with Crippen LogP contribution < -0.4 is 5.32 Å². The molecule has 0 aromatic rings. The molecule has 1 unspecified atom stereocenters. The maximum atomic E-state index is 6.53. The van der Waals surface area contributed by atoms with Crippen molar-refractivity contribution < 1.29 is 4.74 Å². The lowest BCUT2D eigenvalue weighted by molar-refractivity contribution is -0.121. The van der Waals surface area contributed by atoms with Crippen LogP contribution in [0.3, 0.4) is 0 Å². The van der Waals surface area contributed by atoms with E-state index in [0.717, 1.165) is 18.9 Å². The number of hydrogen-bond acceptors (Lipinski definition) is 2. The van der Waals surface area contributed by atoms with E-state index in [1.807, 2.05) is 7.05 Å². The Kier molecular flexibility index (Phi) is 6.53. The molecule has 0 amide bonds. The van der Waals surface area contributed by atoms with E-state index in [-0.39, 0.29) is 5.60 Å². The van der Waals surface area contributed by atoms with Crippen molar-refractivity contribution in [3.05, 3.63) is 0 Å². The van der Waals surface area contributed by atoms with Crippen LogP contribution in [-0.4, -0.2) is 25.3 Å². The molecule has 1 aliphatic carbocycles. The van der Waals surface area contributed by atoms with Gasteiger partial charge in [-0.2, -0.15) is 0 Å². The molecule has 0 heterocycles. The van der Waals surface area contributed by atoms with Gasteiger partial charge in [0.25, 0.3) is 0 Å². The van der Waals surface area contributed by atoms with Gasteiger partial charge in [0.1, 0.15) is 0 Å². The molecule has 1 rings (SSSR count). The fraction of sp³-hybridized carbons (Fsp3) is 1.00. The van der Waals surface area contributed by atoms with Crippen molar-refractivity contribution >= 4 is 0 Å². The monoisotopic (exact) mass is 283 g/mol. The molecule has 0 bridgehead atoms. The first kappa shape index (κ1) is 18.0. The van der Waals surface area contributed by atoms with Gasteiger partial charge >= 0.3 is 0 Å². The van der Waals surface area contributed by atoms with E-state index in [1.165, 1.54) is 25.7 Å². The molecule has 0 aromatic heterocycles. The van der Waals surface area contributed by atoms with E-state index < -0.39 is 0 Å². The summed E-state index contributed by atoms with van der Waals surface area (Å²) < 4.78 is 6.53. The quantitative estimate of drug-likeness (QED) is 0.767. The topological polar surface area (TPSA) is 21.3 Å². The van der Waals surface area contributed by atoms with Gasteiger partial charge in [-0.1, -0.05) is 34.6 Å². The SMILES string of the molecule is CNCC1(OC(C)CC(C)C)CCC(C(C)(C)C)CC1. The minimum Gasteiger partial charge on any atom is -0.371 e. The summed E-state index contributed by atoms with van der Waals surface area (Å²) in [4.78, 5) is 0. The minimum atomic E-state index is 0.0742. The Morgan fingerprint density at radius 3 is 2.10 bits per heavy atom. The standard InChI is InChI=1S/C18H37NO/c1-14(2)12-15(3)20-18(13-19-7)10-8-16(9-11-18)17(4,5)6/h14-16,19H,8-13H2,1-7H3. The van der Waals surface area contributed by atoms with Crippen LogP contribution in [0.25, 0.3) is 0 Å². The Morgan fingerprint density at radius 2 is 1.70 bits per heavy atom. The highest BCUT2D eigenvalue weighted by Gasteiger charge is 2.40. The predicted octanol–water partition coefficient (Wildman–Crippen LogP) is 4.63. The van der Waals surface area contributed by atoms with Gasteiger partial charge in [-0.25, -0.2) is 0 Å². The average molecular weight is 284 g/mol. The van der Waals surface area contributed by atoms with E-state index in [9.17, 15) is 0 Å². The van der Waals surface area contributed by atoms with Crippen molar-refractivity contribution in [1.29, 1.82) is 0 Å². The Hall–Kier alpha value is -0.0800. The highest BCUT2D eigenvalue weighted by molar-refractivity contribution is 4.92. The van der Waals surface area contributed by atoms with Gasteiger partial charge in [0, 0.05) is 6.54 Å². The Bertz CT molecular complexity index is 272. The maximum Gasteiger partial charge on any atom is 0.0810 e. The van der Waals surface area contributed by atoms with Crippen LogP contribution in [0.5, 0.6) is 0 Å². The molecule has 1 aliphatic rings. The Balaban J connectivity index is 2.62. The zero-order chi connectivity index (χ0) is 15.4. The number of hydrogen-bond donors (Lipinski definition) is 1. The first-order chi connectivity index (χ1) is 9.18. The second kappa shape index (κ2) is 7.26. The molecule has 20 heavy (non-hydrogen) atoms. The summed E-state index contributed by atoms with van der Waals surface area (Å²) in [6, 6.07) is 0. The van der Waals surface area contributed by atoms with E-state index in [0.29, 0.717) is 17.4 Å². The van der Waals surface area contributed by atoms with Crippen LogP contribution in [0.1, 0.15) is 73.6 Å². The molecule has 120 valence electrons. The van der Waals surface area contributed by atoms with Crippen molar-refractivity contribution in [2.75, 3.05) is 13.6 Å². The second-order valence-corrected chi connectivity index (χ2v) is 8.41. The summed E-state index contributed by atoms with van der Waals surface area (Å²) in [7, 11) is 2.05. The summed E-state index contributed by atoms with van der Waals surface area (Å²) in [5.74, 6) is 1.55. The number of ether oxygens (including phenoxy) is 1. The largest absolute Gasteiger partial charge is 0.371 e. The highest BCUT2D eigenvalue weighted by Crippen LogP contribution is 2.43. The van der Waals surface area contributed by atoms with Crippen molar-refractivity contribution in [1.82, 2.24) is 5.32 Å². The highest BCUT2D eigenvalue weighted by atomic mass is 16.5. The summed E-state index contributed by atoms with van der Waals surface area (Å²) in [5, 5.41) is 3.37. The van der Waals surface area contributed by atoms with Gasteiger partial charge in [-0.05, 0) is 63.3 Å². The number of likely N-dealkylation sites (N-methyl/N-ethyl adjacent to an activating group) is 1. The van der Waals surface area contributed by atoms with Crippen LogP contribution in [0.15, 0.2) is 0 Å². The van der Waals surface area contributed by atoms with Crippen molar-refractivity contribution in [2.45, 2.75) is 85.4 Å². The van der Waals surface area contributed by atoms with Crippen LogP contribution in [-0.2, 0) is 4.74 Å². The fourth-order valence-corrected chi connectivity index (χ4v) is 3.81. The third-order valence-corrected chi connectivity index (χ3v) is 4.88. The van der Waals surface area contributed by atoms with Crippen molar-refractivity contribution in [3.8, 4) is 0 Å². The molecule has 1 saturated carbocycles. The van der Waals surface area contributed by atoms with Gasteiger partial charge in [0.2, 0.25) is 0 Å². The first-order valence-corrected chi connectivity index (χ1v) is 8.51. The minimum absolute atomic E-state index is 0.0742. The van der Waals surface area contributed by atoms with Gasteiger partial charge in [-0.3, -0.25) is 0 Å². The van der Waals surface area contributed by atoms with E-state index in [1.54, 1.807) is 0 Å². The third kappa shape index (κ3) is 5.37. The van der Waals surface area contributed by atoms with Crippen LogP contribution in [0.4, 0.5) is 0 Å². The second-order valence-electron chi connectivity index (χ2n) is 8.41. The summed E-state index contributed by atoms with van der Waals surface area (Å²) in [6.45, 7) is 14.9. The van der Waals surface area contributed by atoms with Crippen molar-refractivity contribution in [3.63, 3.8) is 0 Å². The van der Waals surface area contributed by atoms with E-state index in [4.69, 9.17) is 4.74 Å². The third-order valence-electron chi connectivity index (χ3n) is 4.88. The lowest BCUT2D eigenvalue weighted by Crippen LogP contribution is -2.48. The average Bonchev–Trinajstić information content (AvgIpc) is 2.27. The molecular weight excluding hydrogens is 246 g/mol. The summed E-state index contributed by atoms with van der Waals surface area (Å²) in [6.07, 6.45) is 6.55. The number of rotatable bonds is 6. The molecule has 0 saturated heterocycles. The van der Waals surface area contributed by atoms with E-state index in [2.05, 4.69) is 46.9 Å². The van der Waals surface area contributed by atoms with Gasteiger partial charge in [-0.15, -0.1) is 0 Å². The van der Waals surface area contributed by atoms with Gasteiger partial charge in [0.05, 0.1) is 11.7 Å². The zero-order valence-corrected chi connectivity index (χ0v) is 14.9. The molecule has 0 radical (unpaired) electrons. The molecule has 1 fully saturated rings. The van der Waals surface area contributed by atoms with E-state index >= 15 is 0 Å². The van der Waals surface area contributed by atoms with Crippen LogP contribution in [0.2, 0.25) is 0 Å². The molecule has 0 spiro atoms. The summed E-state index contributed by atoms with van der Waals surface area (Å²) >= 11 is 0. The molecule has 2 nitrogen and oxygen atoms in total. The van der Waals surface area contributed by atoms with Crippen LogP contribution >= 0.6 is 0 Å². The molecule has 0 aromatic carbocycles. The smallest absolute Gasteiger partial charge is 0.0810 e. The Labute approximate surface area is 127 Å². The van der Waals surface area contributed by atoms with Gasteiger partial charge < -0.3 is 10.1 Å². The fourth-order valence-electron chi connectivity index (χ4n) is 3.81. The first-order valence-electron chi connectivity index (χ1n) is 8.51. The molecule has 2 heteroatoms. The van der Waals surface area contributed by atoms with Crippen LogP contribution in [0, 0.1) is 17.3 Å². The Morgan fingerprint density at radius 1 is 1.15 bits per heavy atom. The molecular formula is C18H37NO.